The number of benzene rings is 1. The first-order valence-corrected chi connectivity index (χ1v) is 9.70. The van der Waals surface area contributed by atoms with E-state index < -0.39 is 0 Å². The SMILES string of the molecule is O=C(CCc1ccc2c(c1)OCCO2)NC1CCN(C(=O)c2ccco2)CC1. The van der Waals surface area contributed by atoms with Gasteiger partial charge in [0.15, 0.2) is 17.3 Å². The second kappa shape index (κ2) is 8.37. The maximum Gasteiger partial charge on any atom is 0.289 e. The summed E-state index contributed by atoms with van der Waals surface area (Å²) in [6, 6.07) is 9.30. The molecule has 0 aliphatic carbocycles. The van der Waals surface area contributed by atoms with Gasteiger partial charge in [0.1, 0.15) is 13.2 Å². The quantitative estimate of drug-likeness (QED) is 0.856. The zero-order valence-corrected chi connectivity index (χ0v) is 15.7. The number of rotatable bonds is 5. The third kappa shape index (κ3) is 4.30. The average Bonchev–Trinajstić information content (AvgIpc) is 3.27. The van der Waals surface area contributed by atoms with Gasteiger partial charge in [-0.3, -0.25) is 9.59 Å². The third-order valence-electron chi connectivity index (χ3n) is 5.13. The molecular formula is C21H24N2O5. The maximum atomic E-state index is 12.3. The highest BCUT2D eigenvalue weighted by molar-refractivity contribution is 5.91. The fourth-order valence-corrected chi connectivity index (χ4v) is 3.58. The van der Waals surface area contributed by atoms with Crippen molar-refractivity contribution in [2.45, 2.75) is 31.7 Å². The van der Waals surface area contributed by atoms with E-state index >= 15 is 0 Å². The third-order valence-corrected chi connectivity index (χ3v) is 5.13. The fraction of sp³-hybridized carbons (Fsp3) is 0.429. The molecule has 28 heavy (non-hydrogen) atoms. The summed E-state index contributed by atoms with van der Waals surface area (Å²) < 4.78 is 16.3. The van der Waals surface area contributed by atoms with E-state index in [2.05, 4.69) is 5.32 Å². The number of hydrogen-bond acceptors (Lipinski definition) is 5. The van der Waals surface area contributed by atoms with Gasteiger partial charge in [0.25, 0.3) is 5.91 Å². The minimum absolute atomic E-state index is 0.0331. The summed E-state index contributed by atoms with van der Waals surface area (Å²) in [5.74, 6) is 1.81. The Bertz CT molecular complexity index is 825. The molecule has 0 spiro atoms. The van der Waals surface area contributed by atoms with Crippen molar-refractivity contribution in [3.63, 3.8) is 0 Å². The molecule has 1 aromatic heterocycles. The summed E-state index contributed by atoms with van der Waals surface area (Å²) in [5.41, 5.74) is 1.05. The van der Waals surface area contributed by atoms with Crippen LogP contribution in [0.5, 0.6) is 11.5 Å². The molecule has 3 heterocycles. The molecule has 0 unspecified atom stereocenters. The van der Waals surface area contributed by atoms with E-state index in [1.807, 2.05) is 18.2 Å². The first kappa shape index (κ1) is 18.4. The molecule has 2 amide bonds. The number of piperidine rings is 1. The number of aryl methyl sites for hydroxylation is 1. The van der Waals surface area contributed by atoms with Gasteiger partial charge in [-0.05, 0) is 49.1 Å². The first-order chi connectivity index (χ1) is 13.7. The summed E-state index contributed by atoms with van der Waals surface area (Å²) in [7, 11) is 0. The summed E-state index contributed by atoms with van der Waals surface area (Å²) in [6.07, 6.45) is 4.08. The number of hydrogen-bond donors (Lipinski definition) is 1. The van der Waals surface area contributed by atoms with Crippen molar-refractivity contribution in [2.24, 2.45) is 0 Å². The van der Waals surface area contributed by atoms with Gasteiger partial charge < -0.3 is 24.1 Å². The van der Waals surface area contributed by atoms with Crippen molar-refractivity contribution < 1.29 is 23.5 Å². The Balaban J connectivity index is 1.21. The van der Waals surface area contributed by atoms with Crippen molar-refractivity contribution in [3.05, 3.63) is 47.9 Å². The lowest BCUT2D eigenvalue weighted by molar-refractivity contribution is -0.122. The second-order valence-corrected chi connectivity index (χ2v) is 7.09. The van der Waals surface area contributed by atoms with Gasteiger partial charge in [-0.2, -0.15) is 0 Å². The Morgan fingerprint density at radius 3 is 2.61 bits per heavy atom. The summed E-state index contributed by atoms with van der Waals surface area (Å²) in [5, 5.41) is 3.09. The van der Waals surface area contributed by atoms with Crippen LogP contribution in [0.4, 0.5) is 0 Å². The highest BCUT2D eigenvalue weighted by Crippen LogP contribution is 2.31. The fourth-order valence-electron chi connectivity index (χ4n) is 3.58. The lowest BCUT2D eigenvalue weighted by Gasteiger charge is -2.31. The monoisotopic (exact) mass is 384 g/mol. The van der Waals surface area contributed by atoms with Gasteiger partial charge >= 0.3 is 0 Å². The van der Waals surface area contributed by atoms with Gasteiger partial charge in [0.05, 0.1) is 6.26 Å². The van der Waals surface area contributed by atoms with E-state index in [-0.39, 0.29) is 17.9 Å². The number of furan rings is 1. The summed E-state index contributed by atoms with van der Waals surface area (Å²) in [6.45, 7) is 2.36. The van der Waals surface area contributed by atoms with Gasteiger partial charge in [-0.25, -0.2) is 0 Å². The van der Waals surface area contributed by atoms with E-state index in [1.54, 1.807) is 17.0 Å². The number of carbonyl (C=O) groups is 2. The van der Waals surface area contributed by atoms with Crippen LogP contribution in [0.3, 0.4) is 0 Å². The number of nitrogens with zero attached hydrogens (tertiary/aromatic N) is 1. The standard InChI is InChI=1S/C21H24N2O5/c24-20(6-4-15-3-5-17-19(14-15)28-13-12-27-17)22-16-7-9-23(10-8-16)21(25)18-2-1-11-26-18/h1-3,5,11,14,16H,4,6-10,12-13H2,(H,22,24). The van der Waals surface area contributed by atoms with E-state index in [4.69, 9.17) is 13.9 Å². The van der Waals surface area contributed by atoms with Gasteiger partial charge in [-0.15, -0.1) is 0 Å². The molecule has 0 atom stereocenters. The first-order valence-electron chi connectivity index (χ1n) is 9.70. The van der Waals surface area contributed by atoms with Crippen LogP contribution in [0.15, 0.2) is 41.0 Å². The van der Waals surface area contributed by atoms with Gasteiger partial charge in [-0.1, -0.05) is 6.07 Å². The highest BCUT2D eigenvalue weighted by atomic mass is 16.6. The normalized spacial score (nSPS) is 16.6. The van der Waals surface area contributed by atoms with E-state index in [1.165, 1.54) is 6.26 Å². The smallest absolute Gasteiger partial charge is 0.289 e. The largest absolute Gasteiger partial charge is 0.486 e. The second-order valence-electron chi connectivity index (χ2n) is 7.09. The maximum absolute atomic E-state index is 12.3. The van der Waals surface area contributed by atoms with Gasteiger partial charge in [0.2, 0.25) is 5.91 Å². The van der Waals surface area contributed by atoms with Crippen LogP contribution in [0.1, 0.15) is 35.4 Å². The summed E-state index contributed by atoms with van der Waals surface area (Å²) >= 11 is 0. The molecule has 0 bridgehead atoms. The Labute approximate surface area is 163 Å². The van der Waals surface area contributed by atoms with Crippen molar-refractivity contribution in [1.29, 1.82) is 0 Å². The van der Waals surface area contributed by atoms with E-state index in [0.29, 0.717) is 44.9 Å². The molecule has 2 aliphatic heterocycles. The predicted molar refractivity (Wildman–Crippen MR) is 102 cm³/mol. The minimum Gasteiger partial charge on any atom is -0.486 e. The van der Waals surface area contributed by atoms with Gasteiger partial charge in [0, 0.05) is 25.6 Å². The minimum atomic E-state index is -0.0895. The van der Waals surface area contributed by atoms with Crippen LogP contribution in [0.2, 0.25) is 0 Å². The highest BCUT2D eigenvalue weighted by Gasteiger charge is 2.25. The Hall–Kier alpha value is -2.96. The summed E-state index contributed by atoms with van der Waals surface area (Å²) in [4.78, 5) is 26.4. The van der Waals surface area contributed by atoms with E-state index in [0.717, 1.165) is 29.9 Å². The van der Waals surface area contributed by atoms with Crippen LogP contribution in [-0.4, -0.2) is 49.1 Å². The molecule has 1 aromatic carbocycles. The van der Waals surface area contributed by atoms with Crippen molar-refractivity contribution in [3.8, 4) is 11.5 Å². The zero-order chi connectivity index (χ0) is 19.3. The molecule has 1 N–H and O–H groups in total. The Morgan fingerprint density at radius 2 is 1.86 bits per heavy atom. The Kier molecular flexibility index (Phi) is 5.50. The average molecular weight is 384 g/mol. The molecule has 2 aromatic rings. The molecule has 1 fully saturated rings. The molecule has 1 saturated heterocycles. The van der Waals surface area contributed by atoms with Crippen molar-refractivity contribution in [2.75, 3.05) is 26.3 Å². The number of likely N-dealkylation sites (tertiary alicyclic amines) is 1. The Morgan fingerprint density at radius 1 is 1.07 bits per heavy atom. The van der Waals surface area contributed by atoms with Crippen molar-refractivity contribution >= 4 is 11.8 Å². The number of nitrogens with one attached hydrogen (secondary N) is 1. The lowest BCUT2D eigenvalue weighted by Crippen LogP contribution is -2.46. The predicted octanol–water partition coefficient (Wildman–Crippen LogP) is 2.40. The molecule has 2 aliphatic rings. The molecule has 0 saturated carbocycles. The lowest BCUT2D eigenvalue weighted by atomic mass is 10.0. The molecule has 4 rings (SSSR count). The number of carbonyl (C=O) groups excluding carboxylic acids is 2. The number of ether oxygens (including phenoxy) is 2. The molecule has 7 heteroatoms. The molecular weight excluding hydrogens is 360 g/mol. The van der Waals surface area contributed by atoms with Crippen LogP contribution in [0, 0.1) is 0 Å². The number of fused-ring (bicyclic) bond motifs is 1. The van der Waals surface area contributed by atoms with Crippen LogP contribution in [-0.2, 0) is 11.2 Å². The zero-order valence-electron chi connectivity index (χ0n) is 15.7. The van der Waals surface area contributed by atoms with Crippen molar-refractivity contribution in [1.82, 2.24) is 10.2 Å². The molecule has 0 radical (unpaired) electrons. The topological polar surface area (TPSA) is 81.0 Å². The number of amides is 2. The van der Waals surface area contributed by atoms with E-state index in [9.17, 15) is 9.59 Å². The van der Waals surface area contributed by atoms with Crippen LogP contribution >= 0.6 is 0 Å². The molecule has 148 valence electrons. The molecule has 7 nitrogen and oxygen atoms in total. The van der Waals surface area contributed by atoms with Crippen LogP contribution < -0.4 is 14.8 Å². The van der Waals surface area contributed by atoms with Crippen LogP contribution in [0.25, 0.3) is 0 Å².